The van der Waals surface area contributed by atoms with Crippen molar-refractivity contribution in [2.45, 2.75) is 24.8 Å². The first kappa shape index (κ1) is 27.1. The summed E-state index contributed by atoms with van der Waals surface area (Å²) in [6.45, 7) is 5.89. The van der Waals surface area contributed by atoms with Gasteiger partial charge in [-0.3, -0.25) is 9.69 Å². The van der Waals surface area contributed by atoms with Crippen molar-refractivity contribution in [2.75, 3.05) is 52.5 Å². The maximum absolute atomic E-state index is 13.7. The third-order valence-corrected chi connectivity index (χ3v) is 8.39. The maximum atomic E-state index is 13.7. The van der Waals surface area contributed by atoms with Gasteiger partial charge in [0, 0.05) is 32.7 Å². The summed E-state index contributed by atoms with van der Waals surface area (Å²) in [6, 6.07) is 20.3. The van der Waals surface area contributed by atoms with Gasteiger partial charge in [0.1, 0.15) is 5.76 Å². The van der Waals surface area contributed by atoms with Crippen molar-refractivity contribution in [3.8, 4) is 0 Å². The van der Waals surface area contributed by atoms with Gasteiger partial charge in [-0.2, -0.15) is 4.31 Å². The van der Waals surface area contributed by atoms with Crippen LogP contribution in [0.2, 0.25) is 0 Å². The van der Waals surface area contributed by atoms with Crippen molar-refractivity contribution in [3.63, 3.8) is 0 Å². The fourth-order valence-corrected chi connectivity index (χ4v) is 5.64. The zero-order valence-electron chi connectivity index (χ0n) is 21.3. The number of aryl methyl sites for hydroxylation is 1. The summed E-state index contributed by atoms with van der Waals surface area (Å²) in [7, 11) is -3.87. The number of hydrogen-bond donors (Lipinski definition) is 0. The van der Waals surface area contributed by atoms with Crippen molar-refractivity contribution in [2.24, 2.45) is 0 Å². The van der Waals surface area contributed by atoms with Crippen molar-refractivity contribution >= 4 is 15.9 Å². The minimum Gasteiger partial charge on any atom is -0.467 e. The van der Waals surface area contributed by atoms with Crippen LogP contribution < -0.4 is 0 Å². The first-order valence-corrected chi connectivity index (χ1v) is 14.1. The van der Waals surface area contributed by atoms with Crippen LogP contribution in [-0.2, 0) is 32.5 Å². The Morgan fingerprint density at radius 3 is 2.35 bits per heavy atom. The van der Waals surface area contributed by atoms with E-state index in [1.165, 1.54) is 4.31 Å². The number of sulfonamides is 1. The number of amides is 1. The van der Waals surface area contributed by atoms with E-state index in [1.54, 1.807) is 41.5 Å². The highest BCUT2D eigenvalue weighted by Crippen LogP contribution is 2.18. The number of furan rings is 1. The minimum absolute atomic E-state index is 0.190. The number of nitrogens with zero attached hydrogens (tertiary/aromatic N) is 3. The third kappa shape index (κ3) is 7.75. The van der Waals surface area contributed by atoms with Crippen molar-refractivity contribution < 1.29 is 22.4 Å². The number of morpholine rings is 1. The second kappa shape index (κ2) is 13.0. The number of carbonyl (C=O) groups is 1. The zero-order valence-corrected chi connectivity index (χ0v) is 22.1. The molecule has 2 heterocycles. The lowest BCUT2D eigenvalue weighted by Gasteiger charge is -2.31. The van der Waals surface area contributed by atoms with Gasteiger partial charge in [-0.25, -0.2) is 8.42 Å². The molecule has 3 aromatic rings. The number of benzene rings is 2. The second-order valence-corrected chi connectivity index (χ2v) is 11.2. The van der Waals surface area contributed by atoms with Crippen LogP contribution in [0.1, 0.15) is 16.9 Å². The van der Waals surface area contributed by atoms with Crippen LogP contribution in [0.3, 0.4) is 0 Å². The molecule has 0 bridgehead atoms. The molecule has 1 saturated heterocycles. The first-order valence-electron chi connectivity index (χ1n) is 12.6. The maximum Gasteiger partial charge on any atom is 0.243 e. The third-order valence-electron chi connectivity index (χ3n) is 6.53. The van der Waals surface area contributed by atoms with Crippen molar-refractivity contribution in [3.05, 3.63) is 89.9 Å². The van der Waals surface area contributed by atoms with Crippen LogP contribution in [-0.4, -0.2) is 80.9 Å². The average Bonchev–Trinajstić information content (AvgIpc) is 3.43. The standard InChI is InChI=1S/C28H35N3O5S/c1-24-9-11-27(12-10-24)37(33,34)31(16-15-29-17-20-35-21-18-29)23-28(32)30(22-26-8-5-19-36-26)14-13-25-6-3-2-4-7-25/h2-12,19H,13-18,20-23H2,1H3. The van der Waals surface area contributed by atoms with E-state index in [9.17, 15) is 13.2 Å². The lowest BCUT2D eigenvalue weighted by Crippen LogP contribution is -2.47. The monoisotopic (exact) mass is 525 g/mol. The van der Waals surface area contributed by atoms with Crippen LogP contribution in [0, 0.1) is 6.92 Å². The molecular weight excluding hydrogens is 490 g/mol. The summed E-state index contributed by atoms with van der Waals surface area (Å²) in [5.74, 6) is 0.396. The van der Waals surface area contributed by atoms with E-state index in [-0.39, 0.29) is 30.4 Å². The Labute approximate surface area is 219 Å². The Morgan fingerprint density at radius 2 is 1.68 bits per heavy atom. The molecule has 1 aliphatic heterocycles. The van der Waals surface area contributed by atoms with Gasteiger partial charge < -0.3 is 14.1 Å². The summed E-state index contributed by atoms with van der Waals surface area (Å²) in [5.41, 5.74) is 2.08. The molecule has 0 aliphatic carbocycles. The Kier molecular flexibility index (Phi) is 9.51. The topological polar surface area (TPSA) is 83.3 Å². The second-order valence-electron chi connectivity index (χ2n) is 9.24. The van der Waals surface area contributed by atoms with Gasteiger partial charge in [0.25, 0.3) is 0 Å². The Hall–Kier alpha value is -2.98. The van der Waals surface area contributed by atoms with Crippen LogP contribution in [0.15, 0.2) is 82.3 Å². The van der Waals surface area contributed by atoms with Gasteiger partial charge in [-0.05, 0) is 43.2 Å². The summed E-state index contributed by atoms with van der Waals surface area (Å²) in [6.07, 6.45) is 2.23. The van der Waals surface area contributed by atoms with E-state index in [0.717, 1.165) is 24.2 Å². The number of rotatable bonds is 12. The van der Waals surface area contributed by atoms with E-state index in [0.29, 0.717) is 38.5 Å². The molecule has 2 aromatic carbocycles. The van der Waals surface area contributed by atoms with Gasteiger partial charge in [-0.15, -0.1) is 0 Å². The molecule has 1 aromatic heterocycles. The van der Waals surface area contributed by atoms with Crippen LogP contribution >= 0.6 is 0 Å². The fourth-order valence-electron chi connectivity index (χ4n) is 4.26. The molecule has 0 saturated carbocycles. The van der Waals surface area contributed by atoms with Crippen LogP contribution in [0.25, 0.3) is 0 Å². The molecule has 9 heteroatoms. The quantitative estimate of drug-likeness (QED) is 0.361. The van der Waals surface area contributed by atoms with E-state index < -0.39 is 10.0 Å². The predicted octanol–water partition coefficient (Wildman–Crippen LogP) is 3.18. The molecule has 0 radical (unpaired) electrons. The summed E-state index contributed by atoms with van der Waals surface area (Å²) in [5, 5.41) is 0. The van der Waals surface area contributed by atoms with Gasteiger partial charge in [0.15, 0.2) is 0 Å². The smallest absolute Gasteiger partial charge is 0.243 e. The number of hydrogen-bond acceptors (Lipinski definition) is 6. The molecule has 0 spiro atoms. The SMILES string of the molecule is Cc1ccc(S(=O)(=O)N(CCN2CCOCC2)CC(=O)N(CCc2ccccc2)Cc2ccco2)cc1. The number of ether oxygens (including phenoxy) is 1. The molecule has 1 amide bonds. The molecule has 0 atom stereocenters. The van der Waals surface area contributed by atoms with E-state index >= 15 is 0 Å². The molecular formula is C28H35N3O5S. The lowest BCUT2D eigenvalue weighted by atomic mass is 10.1. The predicted molar refractivity (Wildman–Crippen MR) is 141 cm³/mol. The van der Waals surface area contributed by atoms with Gasteiger partial charge >= 0.3 is 0 Å². The highest BCUT2D eigenvalue weighted by Gasteiger charge is 2.29. The van der Waals surface area contributed by atoms with E-state index in [4.69, 9.17) is 9.15 Å². The van der Waals surface area contributed by atoms with E-state index in [2.05, 4.69) is 4.90 Å². The number of carbonyl (C=O) groups excluding carboxylic acids is 1. The zero-order chi connectivity index (χ0) is 26.1. The first-order chi connectivity index (χ1) is 17.9. The average molecular weight is 526 g/mol. The van der Waals surface area contributed by atoms with Crippen LogP contribution in [0.4, 0.5) is 0 Å². The molecule has 1 fully saturated rings. The molecule has 0 unspecified atom stereocenters. The Bertz CT molecular complexity index is 1210. The normalized spacial score (nSPS) is 14.6. The summed E-state index contributed by atoms with van der Waals surface area (Å²) >= 11 is 0. The highest BCUT2D eigenvalue weighted by atomic mass is 32.2. The largest absolute Gasteiger partial charge is 0.467 e. The van der Waals surface area contributed by atoms with E-state index in [1.807, 2.05) is 43.3 Å². The molecule has 4 rings (SSSR count). The summed E-state index contributed by atoms with van der Waals surface area (Å²) < 4.78 is 39.6. The van der Waals surface area contributed by atoms with Gasteiger partial charge in [0.05, 0.1) is 37.5 Å². The van der Waals surface area contributed by atoms with Crippen molar-refractivity contribution in [1.29, 1.82) is 0 Å². The summed E-state index contributed by atoms with van der Waals surface area (Å²) in [4.78, 5) is 17.7. The van der Waals surface area contributed by atoms with Gasteiger partial charge in [0.2, 0.25) is 15.9 Å². The fraction of sp³-hybridized carbons (Fsp3) is 0.393. The lowest BCUT2D eigenvalue weighted by molar-refractivity contribution is -0.132. The Morgan fingerprint density at radius 1 is 0.946 bits per heavy atom. The Balaban J connectivity index is 1.53. The van der Waals surface area contributed by atoms with Gasteiger partial charge in [-0.1, -0.05) is 48.0 Å². The molecule has 37 heavy (non-hydrogen) atoms. The minimum atomic E-state index is -3.87. The van der Waals surface area contributed by atoms with Crippen LogP contribution in [0.5, 0.6) is 0 Å². The highest BCUT2D eigenvalue weighted by molar-refractivity contribution is 7.89. The molecule has 8 nitrogen and oxygen atoms in total. The molecule has 198 valence electrons. The molecule has 1 aliphatic rings. The van der Waals surface area contributed by atoms with Crippen molar-refractivity contribution in [1.82, 2.24) is 14.1 Å². The molecule has 0 N–H and O–H groups in total.